The predicted octanol–water partition coefficient (Wildman–Crippen LogP) is 1.24. The molecule has 2 rings (SSSR count). The zero-order valence-electron chi connectivity index (χ0n) is 7.31. The van der Waals surface area contributed by atoms with Gasteiger partial charge in [0.1, 0.15) is 0 Å². The van der Waals surface area contributed by atoms with Gasteiger partial charge in [-0.3, -0.25) is 9.48 Å². The van der Waals surface area contributed by atoms with Crippen LogP contribution in [0.15, 0.2) is 12.4 Å². The van der Waals surface area contributed by atoms with Gasteiger partial charge in [-0.05, 0) is 24.3 Å². The summed E-state index contributed by atoms with van der Waals surface area (Å²) in [5, 5.41) is 12.6. The lowest BCUT2D eigenvalue weighted by Crippen LogP contribution is -2.04. The molecule has 0 unspecified atom stereocenters. The lowest BCUT2D eigenvalue weighted by molar-refractivity contribution is -0.137. The first-order chi connectivity index (χ1) is 6.25. The molecule has 0 bridgehead atoms. The normalized spacial score (nSPS) is 16.0. The molecule has 0 spiro atoms. The maximum absolute atomic E-state index is 10.3. The molecule has 1 fully saturated rings. The van der Waals surface area contributed by atoms with Crippen LogP contribution in [-0.4, -0.2) is 20.9 Å². The number of aromatic nitrogens is 2. The van der Waals surface area contributed by atoms with Crippen LogP contribution in [0.5, 0.6) is 0 Å². The first kappa shape index (κ1) is 8.29. The predicted molar refractivity (Wildman–Crippen MR) is 46.5 cm³/mol. The molecular weight excluding hydrogens is 168 g/mol. The summed E-state index contributed by atoms with van der Waals surface area (Å²) in [7, 11) is 0. The van der Waals surface area contributed by atoms with E-state index in [1.54, 1.807) is 4.68 Å². The first-order valence-corrected chi connectivity index (χ1v) is 4.50. The van der Waals surface area contributed by atoms with Gasteiger partial charge >= 0.3 is 5.97 Å². The molecule has 70 valence electrons. The van der Waals surface area contributed by atoms with Crippen molar-refractivity contribution in [3.05, 3.63) is 18.0 Å². The van der Waals surface area contributed by atoms with E-state index >= 15 is 0 Å². The van der Waals surface area contributed by atoms with Crippen molar-refractivity contribution in [3.8, 4) is 0 Å². The number of aliphatic carboxylic acids is 1. The molecule has 0 radical (unpaired) electrons. The van der Waals surface area contributed by atoms with Crippen LogP contribution >= 0.6 is 0 Å². The van der Waals surface area contributed by atoms with Crippen molar-refractivity contribution in [2.45, 2.75) is 31.7 Å². The van der Waals surface area contributed by atoms with Gasteiger partial charge in [-0.15, -0.1) is 0 Å². The fourth-order valence-corrected chi connectivity index (χ4v) is 1.34. The average molecular weight is 180 g/mol. The number of carboxylic acids is 1. The van der Waals surface area contributed by atoms with Crippen molar-refractivity contribution in [2.24, 2.45) is 0 Å². The van der Waals surface area contributed by atoms with Gasteiger partial charge in [0.05, 0.1) is 19.2 Å². The van der Waals surface area contributed by atoms with Gasteiger partial charge in [-0.2, -0.15) is 5.10 Å². The molecule has 4 nitrogen and oxygen atoms in total. The molecule has 4 heteroatoms. The first-order valence-electron chi connectivity index (χ1n) is 4.50. The van der Waals surface area contributed by atoms with E-state index in [0.29, 0.717) is 12.5 Å². The highest BCUT2D eigenvalue weighted by atomic mass is 16.4. The van der Waals surface area contributed by atoms with Crippen molar-refractivity contribution in [2.75, 3.05) is 0 Å². The lowest BCUT2D eigenvalue weighted by Gasteiger charge is -1.95. The zero-order chi connectivity index (χ0) is 9.26. The Balaban J connectivity index is 1.92. The van der Waals surface area contributed by atoms with Gasteiger partial charge in [0.15, 0.2) is 0 Å². The highest BCUT2D eigenvalue weighted by molar-refractivity contribution is 5.66. The Hall–Kier alpha value is -1.32. The zero-order valence-corrected chi connectivity index (χ0v) is 7.31. The van der Waals surface area contributed by atoms with Crippen LogP contribution < -0.4 is 0 Å². The number of carboxylic acid groups (broad SMARTS) is 1. The SMILES string of the molecule is O=C(O)CCn1cc(C2CC2)cn1. The number of carbonyl (C=O) groups is 1. The summed E-state index contributed by atoms with van der Waals surface area (Å²) in [5.41, 5.74) is 1.25. The minimum absolute atomic E-state index is 0.145. The topological polar surface area (TPSA) is 55.1 Å². The minimum atomic E-state index is -0.775. The van der Waals surface area contributed by atoms with E-state index in [4.69, 9.17) is 5.11 Å². The second-order valence-electron chi connectivity index (χ2n) is 3.45. The van der Waals surface area contributed by atoms with Crippen LogP contribution in [0, 0.1) is 0 Å². The molecule has 0 aliphatic heterocycles. The van der Waals surface area contributed by atoms with Crippen LogP contribution in [-0.2, 0) is 11.3 Å². The summed E-state index contributed by atoms with van der Waals surface area (Å²) >= 11 is 0. The van der Waals surface area contributed by atoms with E-state index in [2.05, 4.69) is 5.10 Å². The summed E-state index contributed by atoms with van der Waals surface area (Å²) in [5.74, 6) is -0.0814. The molecule has 0 aromatic carbocycles. The summed E-state index contributed by atoms with van der Waals surface area (Å²) in [4.78, 5) is 10.3. The van der Waals surface area contributed by atoms with Crippen LogP contribution in [0.1, 0.15) is 30.7 Å². The lowest BCUT2D eigenvalue weighted by atomic mass is 10.2. The van der Waals surface area contributed by atoms with Gasteiger partial charge in [0, 0.05) is 6.20 Å². The second-order valence-corrected chi connectivity index (χ2v) is 3.45. The summed E-state index contributed by atoms with van der Waals surface area (Å²) in [6, 6.07) is 0. The van der Waals surface area contributed by atoms with Crippen molar-refractivity contribution >= 4 is 5.97 Å². The molecule has 0 atom stereocenters. The van der Waals surface area contributed by atoms with Crippen LogP contribution in [0.2, 0.25) is 0 Å². The Labute approximate surface area is 76.2 Å². The maximum atomic E-state index is 10.3. The monoisotopic (exact) mass is 180 g/mol. The molecule has 0 amide bonds. The van der Waals surface area contributed by atoms with E-state index in [1.807, 2.05) is 12.4 Å². The molecule has 1 N–H and O–H groups in total. The molecular formula is C9H12N2O2. The molecule has 1 aliphatic carbocycles. The quantitative estimate of drug-likeness (QED) is 0.758. The summed E-state index contributed by atoms with van der Waals surface area (Å²) < 4.78 is 1.71. The molecule has 1 aliphatic rings. The molecule has 0 saturated heterocycles. The van der Waals surface area contributed by atoms with E-state index < -0.39 is 5.97 Å². The Morgan fingerprint density at radius 2 is 2.46 bits per heavy atom. The van der Waals surface area contributed by atoms with Gasteiger partial charge in [-0.25, -0.2) is 0 Å². The number of hydrogen-bond donors (Lipinski definition) is 1. The number of nitrogens with zero attached hydrogens (tertiary/aromatic N) is 2. The van der Waals surface area contributed by atoms with Gasteiger partial charge in [0.25, 0.3) is 0 Å². The third kappa shape index (κ3) is 2.08. The standard InChI is InChI=1S/C9H12N2O2/c12-9(13)3-4-11-6-8(5-10-11)7-1-2-7/h5-7H,1-4H2,(H,12,13). The Morgan fingerprint density at radius 3 is 3.08 bits per heavy atom. The van der Waals surface area contributed by atoms with E-state index in [-0.39, 0.29) is 6.42 Å². The van der Waals surface area contributed by atoms with E-state index in [0.717, 1.165) is 0 Å². The third-order valence-electron chi connectivity index (χ3n) is 2.26. The molecule has 1 aromatic heterocycles. The number of rotatable bonds is 4. The Kier molecular flexibility index (Phi) is 2.04. The van der Waals surface area contributed by atoms with Crippen LogP contribution in [0.4, 0.5) is 0 Å². The number of aryl methyl sites for hydroxylation is 1. The smallest absolute Gasteiger partial charge is 0.305 e. The van der Waals surface area contributed by atoms with Crippen molar-refractivity contribution in [1.82, 2.24) is 9.78 Å². The summed E-state index contributed by atoms with van der Waals surface area (Å²) in [6.45, 7) is 0.474. The number of hydrogen-bond acceptors (Lipinski definition) is 2. The van der Waals surface area contributed by atoms with E-state index in [9.17, 15) is 4.79 Å². The van der Waals surface area contributed by atoms with Gasteiger partial charge < -0.3 is 5.11 Å². The molecule has 1 saturated carbocycles. The minimum Gasteiger partial charge on any atom is -0.481 e. The molecule has 1 aromatic rings. The maximum Gasteiger partial charge on any atom is 0.305 e. The molecule has 13 heavy (non-hydrogen) atoms. The summed E-state index contributed by atoms with van der Waals surface area (Å²) in [6.07, 6.45) is 6.46. The fraction of sp³-hybridized carbons (Fsp3) is 0.556. The highest BCUT2D eigenvalue weighted by Crippen LogP contribution is 2.39. The van der Waals surface area contributed by atoms with Gasteiger partial charge in [-0.1, -0.05) is 0 Å². The second kappa shape index (κ2) is 3.20. The van der Waals surface area contributed by atoms with Crippen molar-refractivity contribution < 1.29 is 9.90 Å². The Morgan fingerprint density at radius 1 is 1.69 bits per heavy atom. The van der Waals surface area contributed by atoms with Crippen LogP contribution in [0.25, 0.3) is 0 Å². The fourth-order valence-electron chi connectivity index (χ4n) is 1.34. The van der Waals surface area contributed by atoms with Gasteiger partial charge in [0.2, 0.25) is 0 Å². The van der Waals surface area contributed by atoms with Crippen LogP contribution in [0.3, 0.4) is 0 Å². The highest BCUT2D eigenvalue weighted by Gasteiger charge is 2.24. The molecule has 1 heterocycles. The largest absolute Gasteiger partial charge is 0.481 e. The third-order valence-corrected chi connectivity index (χ3v) is 2.26. The van der Waals surface area contributed by atoms with E-state index in [1.165, 1.54) is 18.4 Å². The van der Waals surface area contributed by atoms with Crippen molar-refractivity contribution in [1.29, 1.82) is 0 Å². The average Bonchev–Trinajstić information content (AvgIpc) is 2.83. The van der Waals surface area contributed by atoms with Crippen molar-refractivity contribution in [3.63, 3.8) is 0 Å². The Bertz CT molecular complexity index is 315.